The molecule has 0 bridgehead atoms. The largest absolute Gasteiger partial charge is 0.500 e. The average molecular weight is 297 g/mol. The van der Waals surface area contributed by atoms with Gasteiger partial charge in [0.25, 0.3) is 0 Å². The predicted octanol–water partition coefficient (Wildman–Crippen LogP) is 2.46. The van der Waals surface area contributed by atoms with Crippen molar-refractivity contribution in [3.63, 3.8) is 0 Å². The zero-order valence-corrected chi connectivity index (χ0v) is 15.5. The van der Waals surface area contributed by atoms with Gasteiger partial charge in [-0.05, 0) is 38.7 Å². The summed E-state index contributed by atoms with van der Waals surface area (Å²) in [6.45, 7) is 9.03. The van der Waals surface area contributed by atoms with Crippen molar-refractivity contribution in [1.29, 1.82) is 0 Å². The van der Waals surface area contributed by atoms with Crippen LogP contribution in [-0.2, 0) is 17.4 Å². The summed E-state index contributed by atoms with van der Waals surface area (Å²) in [5, 5.41) is 0. The Hall–Kier alpha value is 0.491. The van der Waals surface area contributed by atoms with Crippen LogP contribution < -0.4 is 0 Å². The van der Waals surface area contributed by atoms with Crippen molar-refractivity contribution in [1.82, 2.24) is 0 Å². The van der Waals surface area contributed by atoms with Gasteiger partial charge in [0.1, 0.15) is 0 Å². The van der Waals surface area contributed by atoms with Crippen molar-refractivity contribution in [3.05, 3.63) is 0 Å². The molecule has 0 amide bonds. The van der Waals surface area contributed by atoms with Crippen LogP contribution in [0.1, 0.15) is 6.42 Å². The Morgan fingerprint density at radius 2 is 1.35 bits per heavy atom. The summed E-state index contributed by atoms with van der Waals surface area (Å²) < 4.78 is 22.4. The lowest BCUT2D eigenvalue weighted by Gasteiger charge is -2.28. The quantitative estimate of drug-likeness (QED) is 0.613. The summed E-state index contributed by atoms with van der Waals surface area (Å²) in [4.78, 5) is 0. The van der Waals surface area contributed by atoms with Crippen molar-refractivity contribution in [2.75, 3.05) is 21.3 Å². The van der Waals surface area contributed by atoms with Crippen molar-refractivity contribution in [3.8, 4) is 0 Å². The fourth-order valence-electron chi connectivity index (χ4n) is 1.98. The molecule has 0 aliphatic carbocycles. The zero-order chi connectivity index (χ0) is 13.5. The first-order chi connectivity index (χ1) is 7.81. The lowest BCUT2D eigenvalue weighted by molar-refractivity contribution is 0.123. The normalized spacial score (nSPS) is 13.4. The molecule has 0 rings (SSSR count). The monoisotopic (exact) mass is 296 g/mol. The van der Waals surface area contributed by atoms with Crippen LogP contribution in [-0.4, -0.2) is 47.5 Å². The SMILES string of the molecule is CO[Si](CCC[Si](C)(C)O[SiH](C)C)(OC)OC. The van der Waals surface area contributed by atoms with Crippen LogP contribution in [0.15, 0.2) is 0 Å². The van der Waals surface area contributed by atoms with E-state index in [0.717, 1.165) is 18.5 Å². The average Bonchev–Trinajstić information content (AvgIpc) is 2.23. The molecule has 4 nitrogen and oxygen atoms in total. The Balaban J connectivity index is 4.12. The van der Waals surface area contributed by atoms with Crippen molar-refractivity contribution in [2.45, 2.75) is 44.7 Å². The fourth-order valence-corrected chi connectivity index (χ4v) is 10.7. The first kappa shape index (κ1) is 17.5. The molecule has 0 aliphatic rings. The smallest absolute Gasteiger partial charge is 0.458 e. The Morgan fingerprint density at radius 3 is 1.71 bits per heavy atom. The molecule has 104 valence electrons. The van der Waals surface area contributed by atoms with Gasteiger partial charge in [0, 0.05) is 27.4 Å². The van der Waals surface area contributed by atoms with Gasteiger partial charge in [-0.2, -0.15) is 0 Å². The minimum absolute atomic E-state index is 0.871. The molecule has 0 N–H and O–H groups in total. The van der Waals surface area contributed by atoms with E-state index in [-0.39, 0.29) is 0 Å². The Kier molecular flexibility index (Phi) is 8.05. The highest BCUT2D eigenvalue weighted by molar-refractivity contribution is 6.77. The highest BCUT2D eigenvalue weighted by Crippen LogP contribution is 2.22. The van der Waals surface area contributed by atoms with Gasteiger partial charge >= 0.3 is 8.80 Å². The summed E-state index contributed by atoms with van der Waals surface area (Å²) in [7, 11) is 0.209. The number of hydrogen-bond donors (Lipinski definition) is 0. The van der Waals surface area contributed by atoms with Crippen molar-refractivity contribution < 1.29 is 17.4 Å². The molecule has 0 saturated heterocycles. The maximum absolute atomic E-state index is 6.12. The maximum Gasteiger partial charge on any atom is 0.500 e. The Bertz CT molecular complexity index is 199. The standard InChI is InChI=1S/C10H28O4Si3/c1-11-17(12-2,13-3)10-8-9-16(6,7)14-15(4)5/h15H,8-10H2,1-7H3. The lowest BCUT2D eigenvalue weighted by atomic mass is 10.6. The molecule has 7 heteroatoms. The van der Waals surface area contributed by atoms with E-state index in [0.29, 0.717) is 0 Å². The Labute approximate surface area is 110 Å². The highest BCUT2D eigenvalue weighted by atomic mass is 28.4. The molecule has 0 fully saturated rings. The minimum Gasteiger partial charge on any atom is -0.458 e. The highest BCUT2D eigenvalue weighted by Gasteiger charge is 2.38. The third kappa shape index (κ3) is 6.85. The molecule has 0 atom stereocenters. The van der Waals surface area contributed by atoms with Gasteiger partial charge in [-0.3, -0.25) is 0 Å². The second-order valence-electron chi connectivity index (χ2n) is 5.08. The molecule has 0 unspecified atom stereocenters. The first-order valence-corrected chi connectivity index (χ1v) is 14.0. The molecule has 0 radical (unpaired) electrons. The van der Waals surface area contributed by atoms with Crippen LogP contribution in [0, 0.1) is 0 Å². The second-order valence-corrected chi connectivity index (χ2v) is 15.2. The lowest BCUT2D eigenvalue weighted by Crippen LogP contribution is -2.43. The van der Waals surface area contributed by atoms with Crippen molar-refractivity contribution in [2.24, 2.45) is 0 Å². The van der Waals surface area contributed by atoms with Crippen LogP contribution in [0.3, 0.4) is 0 Å². The molecule has 0 aromatic heterocycles. The molecule has 0 heterocycles. The first-order valence-electron chi connectivity index (χ1n) is 6.14. The van der Waals surface area contributed by atoms with Crippen LogP contribution >= 0.6 is 0 Å². The molecule has 0 aromatic carbocycles. The third-order valence-electron chi connectivity index (χ3n) is 2.75. The summed E-state index contributed by atoms with van der Waals surface area (Å²) in [6.07, 6.45) is 1.06. The molecular formula is C10H28O4Si3. The second kappa shape index (κ2) is 7.82. The summed E-state index contributed by atoms with van der Waals surface area (Å²) in [5.41, 5.74) is 0. The molecule has 0 spiro atoms. The molecule has 0 saturated carbocycles. The maximum atomic E-state index is 6.12. The van der Waals surface area contributed by atoms with Gasteiger partial charge in [-0.1, -0.05) is 0 Å². The number of hydrogen-bond acceptors (Lipinski definition) is 4. The predicted molar refractivity (Wildman–Crippen MR) is 78.5 cm³/mol. The van der Waals surface area contributed by atoms with Crippen molar-refractivity contribution >= 4 is 26.2 Å². The van der Waals surface area contributed by atoms with Gasteiger partial charge in [-0.15, -0.1) is 0 Å². The van der Waals surface area contributed by atoms with E-state index >= 15 is 0 Å². The third-order valence-corrected chi connectivity index (χ3v) is 11.6. The molecule has 17 heavy (non-hydrogen) atoms. The summed E-state index contributed by atoms with van der Waals surface area (Å²) in [5.74, 6) is 0. The Morgan fingerprint density at radius 1 is 0.882 bits per heavy atom. The molecular weight excluding hydrogens is 268 g/mol. The van der Waals surface area contributed by atoms with Gasteiger partial charge < -0.3 is 17.4 Å². The van der Waals surface area contributed by atoms with E-state index in [1.807, 2.05) is 0 Å². The van der Waals surface area contributed by atoms with Crippen LogP contribution in [0.4, 0.5) is 0 Å². The van der Waals surface area contributed by atoms with Gasteiger partial charge in [0.2, 0.25) is 0 Å². The van der Waals surface area contributed by atoms with E-state index in [4.69, 9.17) is 17.4 Å². The van der Waals surface area contributed by atoms with E-state index in [9.17, 15) is 0 Å². The zero-order valence-electron chi connectivity index (χ0n) is 12.3. The molecule has 0 aromatic rings. The van der Waals surface area contributed by atoms with Crippen LogP contribution in [0.25, 0.3) is 0 Å². The van der Waals surface area contributed by atoms with Gasteiger partial charge in [-0.25, -0.2) is 0 Å². The van der Waals surface area contributed by atoms with Gasteiger partial charge in [0.05, 0.1) is 0 Å². The topological polar surface area (TPSA) is 36.9 Å². The van der Waals surface area contributed by atoms with E-state index < -0.39 is 26.2 Å². The van der Waals surface area contributed by atoms with Gasteiger partial charge in [0.15, 0.2) is 17.4 Å². The van der Waals surface area contributed by atoms with E-state index in [1.165, 1.54) is 0 Å². The summed E-state index contributed by atoms with van der Waals surface area (Å²) in [6, 6.07) is 2.01. The minimum atomic E-state index is -2.38. The van der Waals surface area contributed by atoms with Crippen LogP contribution in [0.5, 0.6) is 0 Å². The summed E-state index contributed by atoms with van der Waals surface area (Å²) >= 11 is 0. The van der Waals surface area contributed by atoms with E-state index in [2.05, 4.69) is 26.2 Å². The molecule has 0 aliphatic heterocycles. The van der Waals surface area contributed by atoms with Crippen LogP contribution in [0.2, 0.25) is 38.3 Å². The van der Waals surface area contributed by atoms with E-state index in [1.54, 1.807) is 21.3 Å². The fraction of sp³-hybridized carbons (Fsp3) is 1.00. The number of rotatable bonds is 9.